The molecular weight excluding hydrogens is 330 g/mol. The van der Waals surface area contributed by atoms with Crippen LogP contribution in [-0.4, -0.2) is 31.1 Å². The zero-order chi connectivity index (χ0) is 17.6. The van der Waals surface area contributed by atoms with Gasteiger partial charge in [-0.25, -0.2) is 4.98 Å². The SMILES string of the molecule is CN=C(NCc1ccc(N2CC=CC2)cc1)NCc1nc(C)c(C)s1. The van der Waals surface area contributed by atoms with Crippen molar-refractivity contribution in [2.45, 2.75) is 26.9 Å². The number of nitrogens with zero attached hydrogens (tertiary/aromatic N) is 3. The van der Waals surface area contributed by atoms with Gasteiger partial charge in [-0.2, -0.15) is 0 Å². The Balaban J connectivity index is 1.49. The van der Waals surface area contributed by atoms with Crippen molar-refractivity contribution in [1.29, 1.82) is 0 Å². The third-order valence-electron chi connectivity index (χ3n) is 4.28. The van der Waals surface area contributed by atoms with Crippen LogP contribution in [-0.2, 0) is 13.1 Å². The maximum absolute atomic E-state index is 4.55. The molecule has 2 heterocycles. The van der Waals surface area contributed by atoms with Gasteiger partial charge in [-0.1, -0.05) is 24.3 Å². The summed E-state index contributed by atoms with van der Waals surface area (Å²) in [4.78, 5) is 12.4. The monoisotopic (exact) mass is 355 g/mol. The molecule has 132 valence electrons. The molecule has 1 aliphatic heterocycles. The van der Waals surface area contributed by atoms with Gasteiger partial charge in [0.15, 0.2) is 5.96 Å². The highest BCUT2D eigenvalue weighted by Gasteiger charge is 2.08. The second-order valence-electron chi connectivity index (χ2n) is 6.07. The minimum atomic E-state index is 0.694. The molecule has 0 atom stereocenters. The van der Waals surface area contributed by atoms with E-state index in [1.165, 1.54) is 16.1 Å². The lowest BCUT2D eigenvalue weighted by Crippen LogP contribution is -2.36. The van der Waals surface area contributed by atoms with Crippen molar-refractivity contribution in [3.05, 3.63) is 57.6 Å². The predicted molar refractivity (Wildman–Crippen MR) is 106 cm³/mol. The number of hydrogen-bond acceptors (Lipinski definition) is 4. The van der Waals surface area contributed by atoms with Crippen LogP contribution >= 0.6 is 11.3 Å². The number of nitrogens with one attached hydrogen (secondary N) is 2. The van der Waals surface area contributed by atoms with Crippen molar-refractivity contribution in [3.63, 3.8) is 0 Å². The third kappa shape index (κ3) is 4.60. The minimum Gasteiger partial charge on any atom is -0.364 e. The largest absolute Gasteiger partial charge is 0.364 e. The average Bonchev–Trinajstić information content (AvgIpc) is 3.26. The molecule has 5 nitrogen and oxygen atoms in total. The molecule has 3 rings (SSSR count). The molecule has 0 radical (unpaired) electrons. The number of thiazole rings is 1. The molecule has 25 heavy (non-hydrogen) atoms. The molecular formula is C19H25N5S. The highest BCUT2D eigenvalue weighted by molar-refractivity contribution is 7.11. The molecule has 0 amide bonds. The fourth-order valence-corrected chi connectivity index (χ4v) is 3.57. The van der Waals surface area contributed by atoms with Crippen LogP contribution < -0.4 is 15.5 Å². The van der Waals surface area contributed by atoms with Crippen LogP contribution in [0.15, 0.2) is 41.4 Å². The summed E-state index contributed by atoms with van der Waals surface area (Å²) >= 11 is 1.73. The fourth-order valence-electron chi connectivity index (χ4n) is 2.69. The number of hydrogen-bond donors (Lipinski definition) is 2. The summed E-state index contributed by atoms with van der Waals surface area (Å²) in [5.74, 6) is 0.790. The van der Waals surface area contributed by atoms with Gasteiger partial charge in [0.1, 0.15) is 5.01 Å². The summed E-state index contributed by atoms with van der Waals surface area (Å²) in [5, 5.41) is 7.76. The van der Waals surface area contributed by atoms with Crippen LogP contribution in [0.2, 0.25) is 0 Å². The highest BCUT2D eigenvalue weighted by atomic mass is 32.1. The number of anilines is 1. The average molecular weight is 356 g/mol. The summed E-state index contributed by atoms with van der Waals surface area (Å²) in [6.07, 6.45) is 4.41. The molecule has 2 N–H and O–H groups in total. The van der Waals surface area contributed by atoms with Gasteiger partial charge in [0.2, 0.25) is 0 Å². The van der Waals surface area contributed by atoms with E-state index in [4.69, 9.17) is 0 Å². The molecule has 1 aromatic carbocycles. The van der Waals surface area contributed by atoms with E-state index in [0.717, 1.165) is 36.3 Å². The van der Waals surface area contributed by atoms with E-state index in [-0.39, 0.29) is 0 Å². The first kappa shape index (κ1) is 17.5. The Labute approximate surface area is 153 Å². The number of aromatic nitrogens is 1. The van der Waals surface area contributed by atoms with E-state index in [0.29, 0.717) is 6.54 Å². The number of aliphatic imine (C=N–C) groups is 1. The molecule has 0 saturated heterocycles. The van der Waals surface area contributed by atoms with E-state index in [1.807, 2.05) is 6.92 Å². The van der Waals surface area contributed by atoms with Gasteiger partial charge in [-0.05, 0) is 31.5 Å². The van der Waals surface area contributed by atoms with Crippen LogP contribution in [0.3, 0.4) is 0 Å². The number of guanidine groups is 1. The van der Waals surface area contributed by atoms with E-state index in [1.54, 1.807) is 18.4 Å². The van der Waals surface area contributed by atoms with Crippen LogP contribution in [0.1, 0.15) is 21.1 Å². The molecule has 0 spiro atoms. The van der Waals surface area contributed by atoms with Crippen LogP contribution in [0.4, 0.5) is 5.69 Å². The standard InChI is InChI=1S/C19H25N5S/c1-14-15(2)25-18(23-14)13-22-19(20-3)21-12-16-6-8-17(9-7-16)24-10-4-5-11-24/h4-9H,10-13H2,1-3H3,(H2,20,21,22). The topological polar surface area (TPSA) is 52.6 Å². The Morgan fingerprint density at radius 2 is 1.80 bits per heavy atom. The third-order valence-corrected chi connectivity index (χ3v) is 5.36. The Morgan fingerprint density at radius 3 is 2.40 bits per heavy atom. The first-order valence-corrected chi connectivity index (χ1v) is 9.33. The summed E-state index contributed by atoms with van der Waals surface area (Å²) in [7, 11) is 1.79. The molecule has 0 aliphatic carbocycles. The molecule has 0 saturated carbocycles. The lowest BCUT2D eigenvalue weighted by molar-refractivity contribution is 0.803. The van der Waals surface area contributed by atoms with Crippen molar-refractivity contribution < 1.29 is 0 Å². The normalized spacial score (nSPS) is 14.2. The van der Waals surface area contributed by atoms with Gasteiger partial charge in [0.05, 0.1) is 12.2 Å². The molecule has 0 bridgehead atoms. The van der Waals surface area contributed by atoms with E-state index in [9.17, 15) is 0 Å². The van der Waals surface area contributed by atoms with Crippen LogP contribution in [0, 0.1) is 13.8 Å². The molecule has 6 heteroatoms. The van der Waals surface area contributed by atoms with Crippen molar-refractivity contribution in [1.82, 2.24) is 15.6 Å². The van der Waals surface area contributed by atoms with Gasteiger partial charge >= 0.3 is 0 Å². The Bertz CT molecular complexity index is 733. The Morgan fingerprint density at radius 1 is 1.12 bits per heavy atom. The van der Waals surface area contributed by atoms with Crippen LogP contribution in [0.25, 0.3) is 0 Å². The van der Waals surface area contributed by atoms with Crippen molar-refractivity contribution >= 4 is 23.0 Å². The van der Waals surface area contributed by atoms with Crippen molar-refractivity contribution in [3.8, 4) is 0 Å². The van der Waals surface area contributed by atoms with E-state index in [2.05, 4.69) is 68.9 Å². The predicted octanol–water partition coefficient (Wildman–Crippen LogP) is 3.00. The van der Waals surface area contributed by atoms with Gasteiger partial charge in [0.25, 0.3) is 0 Å². The van der Waals surface area contributed by atoms with Gasteiger partial charge < -0.3 is 15.5 Å². The zero-order valence-corrected chi connectivity index (χ0v) is 15.9. The molecule has 2 aromatic rings. The van der Waals surface area contributed by atoms with Crippen molar-refractivity contribution in [2.24, 2.45) is 4.99 Å². The number of benzene rings is 1. The van der Waals surface area contributed by atoms with Crippen LogP contribution in [0.5, 0.6) is 0 Å². The molecule has 1 aromatic heterocycles. The highest BCUT2D eigenvalue weighted by Crippen LogP contribution is 2.18. The molecule has 0 unspecified atom stereocenters. The maximum atomic E-state index is 4.55. The second kappa shape index (κ2) is 8.16. The second-order valence-corrected chi connectivity index (χ2v) is 7.36. The lowest BCUT2D eigenvalue weighted by atomic mass is 10.2. The summed E-state index contributed by atoms with van der Waals surface area (Å²) in [6, 6.07) is 8.70. The zero-order valence-electron chi connectivity index (χ0n) is 15.0. The summed E-state index contributed by atoms with van der Waals surface area (Å²) in [5.41, 5.74) is 3.61. The maximum Gasteiger partial charge on any atom is 0.191 e. The summed E-state index contributed by atoms with van der Waals surface area (Å²) < 4.78 is 0. The van der Waals surface area contributed by atoms with Crippen molar-refractivity contribution in [2.75, 3.05) is 25.0 Å². The first-order valence-electron chi connectivity index (χ1n) is 8.52. The van der Waals surface area contributed by atoms with Gasteiger partial charge in [-0.15, -0.1) is 11.3 Å². The Hall–Kier alpha value is -2.34. The van der Waals surface area contributed by atoms with Gasteiger partial charge in [0, 0.05) is 37.2 Å². The molecule has 1 aliphatic rings. The number of rotatable bonds is 5. The van der Waals surface area contributed by atoms with E-state index >= 15 is 0 Å². The lowest BCUT2D eigenvalue weighted by Gasteiger charge is -2.18. The first-order chi connectivity index (χ1) is 12.2. The Kier molecular flexibility index (Phi) is 5.71. The molecule has 0 fully saturated rings. The minimum absolute atomic E-state index is 0.694. The quantitative estimate of drug-likeness (QED) is 0.492. The smallest absolute Gasteiger partial charge is 0.191 e. The van der Waals surface area contributed by atoms with Gasteiger partial charge in [-0.3, -0.25) is 4.99 Å². The number of aryl methyl sites for hydroxylation is 2. The fraction of sp³-hybridized carbons (Fsp3) is 0.368. The van der Waals surface area contributed by atoms with E-state index < -0.39 is 0 Å². The summed E-state index contributed by atoms with van der Waals surface area (Å²) in [6.45, 7) is 7.59.